The highest BCUT2D eigenvalue weighted by Gasteiger charge is 2.10. The average molecular weight is 245 g/mol. The molecule has 2 aromatic carbocycles. The van der Waals surface area contributed by atoms with Gasteiger partial charge in [0.1, 0.15) is 0 Å². The molecule has 17 heavy (non-hydrogen) atoms. The smallest absolute Gasteiger partial charge is 0.0440 e. The predicted molar refractivity (Wildman–Crippen MR) is 74.9 cm³/mol. The molecule has 0 aliphatic carbocycles. The highest BCUT2D eigenvalue weighted by molar-refractivity contribution is 6.31. The maximum Gasteiger partial charge on any atom is 0.0440 e. The molecule has 88 valence electrons. The van der Waals surface area contributed by atoms with Crippen molar-refractivity contribution in [3.05, 3.63) is 69.7 Å². The van der Waals surface area contributed by atoms with Crippen molar-refractivity contribution in [1.82, 2.24) is 0 Å². The van der Waals surface area contributed by atoms with Crippen LogP contribution in [0.15, 0.2) is 42.5 Å². The Morgan fingerprint density at radius 2 is 1.59 bits per heavy atom. The van der Waals surface area contributed by atoms with Gasteiger partial charge in [-0.15, -0.1) is 0 Å². The Bertz CT molecular complexity index is 491. The van der Waals surface area contributed by atoms with Gasteiger partial charge in [0.05, 0.1) is 0 Å². The largest absolute Gasteiger partial charge is 0.0840 e. The van der Waals surface area contributed by atoms with Crippen molar-refractivity contribution in [1.29, 1.82) is 0 Å². The fourth-order valence-corrected chi connectivity index (χ4v) is 2.30. The highest BCUT2D eigenvalue weighted by Crippen LogP contribution is 2.29. The Balaban J connectivity index is 2.41. The van der Waals surface area contributed by atoms with Gasteiger partial charge in [-0.05, 0) is 42.2 Å². The average Bonchev–Trinajstić information content (AvgIpc) is 2.35. The summed E-state index contributed by atoms with van der Waals surface area (Å²) in [5, 5.41) is 0.864. The molecule has 0 fully saturated rings. The van der Waals surface area contributed by atoms with E-state index in [0.717, 1.165) is 5.02 Å². The predicted octanol–water partition coefficient (Wildman–Crippen LogP) is 5.11. The van der Waals surface area contributed by atoms with Crippen LogP contribution in [0.5, 0.6) is 0 Å². The second-order valence-electron chi connectivity index (χ2n) is 4.58. The van der Waals surface area contributed by atoms with E-state index >= 15 is 0 Å². The summed E-state index contributed by atoms with van der Waals surface area (Å²) in [5.41, 5.74) is 5.04. The fourth-order valence-electron chi connectivity index (χ4n) is 2.03. The molecule has 1 atom stereocenters. The summed E-state index contributed by atoms with van der Waals surface area (Å²) in [4.78, 5) is 0. The lowest BCUT2D eigenvalue weighted by Gasteiger charge is -2.15. The summed E-state index contributed by atoms with van der Waals surface area (Å²) in [6.45, 7) is 6.40. The van der Waals surface area contributed by atoms with E-state index in [0.29, 0.717) is 5.92 Å². The topological polar surface area (TPSA) is 0 Å². The van der Waals surface area contributed by atoms with E-state index in [-0.39, 0.29) is 0 Å². The summed E-state index contributed by atoms with van der Waals surface area (Å²) < 4.78 is 0. The fraction of sp³-hybridized carbons (Fsp3) is 0.250. The van der Waals surface area contributed by atoms with Crippen LogP contribution in [0.4, 0.5) is 0 Å². The van der Waals surface area contributed by atoms with Crippen LogP contribution in [0, 0.1) is 13.8 Å². The minimum atomic E-state index is 0.382. The first-order chi connectivity index (χ1) is 8.09. The molecule has 0 aliphatic rings. The Labute approximate surface area is 108 Å². The van der Waals surface area contributed by atoms with Crippen molar-refractivity contribution in [2.45, 2.75) is 26.7 Å². The van der Waals surface area contributed by atoms with Crippen LogP contribution in [0.3, 0.4) is 0 Å². The Hall–Kier alpha value is -1.27. The van der Waals surface area contributed by atoms with E-state index in [1.54, 1.807) is 0 Å². The molecule has 0 N–H and O–H groups in total. The van der Waals surface area contributed by atoms with Crippen molar-refractivity contribution >= 4 is 11.6 Å². The van der Waals surface area contributed by atoms with Gasteiger partial charge >= 0.3 is 0 Å². The molecule has 0 heterocycles. The normalized spacial score (nSPS) is 12.5. The molecule has 0 amide bonds. The summed E-state index contributed by atoms with van der Waals surface area (Å²) in [6.07, 6.45) is 0. The minimum Gasteiger partial charge on any atom is -0.0840 e. The molecule has 1 heteroatoms. The van der Waals surface area contributed by atoms with Gasteiger partial charge in [0, 0.05) is 10.9 Å². The van der Waals surface area contributed by atoms with E-state index in [1.165, 1.54) is 22.3 Å². The Kier molecular flexibility index (Phi) is 3.54. The van der Waals surface area contributed by atoms with Gasteiger partial charge in [-0.25, -0.2) is 0 Å². The zero-order valence-electron chi connectivity index (χ0n) is 10.5. The third-order valence-corrected chi connectivity index (χ3v) is 3.82. The minimum absolute atomic E-state index is 0.382. The molecule has 0 spiro atoms. The van der Waals surface area contributed by atoms with Crippen LogP contribution in [-0.2, 0) is 0 Å². The summed E-state index contributed by atoms with van der Waals surface area (Å²) >= 11 is 6.25. The number of hydrogen-bond acceptors (Lipinski definition) is 0. The van der Waals surface area contributed by atoms with Crippen molar-refractivity contribution in [2.24, 2.45) is 0 Å². The van der Waals surface area contributed by atoms with E-state index < -0.39 is 0 Å². The van der Waals surface area contributed by atoms with Crippen LogP contribution >= 0.6 is 11.6 Å². The molecule has 0 nitrogen and oxygen atoms in total. The van der Waals surface area contributed by atoms with Gasteiger partial charge in [-0.3, -0.25) is 0 Å². The quantitative estimate of drug-likeness (QED) is 0.689. The maximum atomic E-state index is 6.25. The Morgan fingerprint density at radius 1 is 0.941 bits per heavy atom. The lowest BCUT2D eigenvalue weighted by Crippen LogP contribution is -1.97. The lowest BCUT2D eigenvalue weighted by molar-refractivity contribution is 0.918. The third-order valence-electron chi connectivity index (χ3n) is 3.43. The number of halogens is 1. The molecular formula is C16H17Cl. The molecule has 0 bridgehead atoms. The molecule has 0 radical (unpaired) electrons. The van der Waals surface area contributed by atoms with Crippen LogP contribution in [0.2, 0.25) is 5.02 Å². The summed E-state index contributed by atoms with van der Waals surface area (Å²) in [6, 6.07) is 14.8. The standard InChI is InChI=1S/C16H17Cl/c1-11-9-15(10-16(17)12(11)2)13(3)14-7-5-4-6-8-14/h4-10,13H,1-3H3. The van der Waals surface area contributed by atoms with Crippen LogP contribution in [0.1, 0.15) is 35.1 Å². The zero-order valence-corrected chi connectivity index (χ0v) is 11.3. The van der Waals surface area contributed by atoms with Crippen LogP contribution in [-0.4, -0.2) is 0 Å². The van der Waals surface area contributed by atoms with Crippen molar-refractivity contribution < 1.29 is 0 Å². The van der Waals surface area contributed by atoms with E-state index in [9.17, 15) is 0 Å². The van der Waals surface area contributed by atoms with E-state index in [4.69, 9.17) is 11.6 Å². The van der Waals surface area contributed by atoms with Crippen LogP contribution in [0.25, 0.3) is 0 Å². The van der Waals surface area contributed by atoms with Gasteiger partial charge in [0.15, 0.2) is 0 Å². The summed E-state index contributed by atoms with van der Waals surface area (Å²) in [5.74, 6) is 0.382. The molecule has 0 aliphatic heterocycles. The van der Waals surface area contributed by atoms with Crippen molar-refractivity contribution in [3.8, 4) is 0 Å². The van der Waals surface area contributed by atoms with Gasteiger partial charge in [-0.2, -0.15) is 0 Å². The molecule has 2 rings (SSSR count). The molecular weight excluding hydrogens is 228 g/mol. The van der Waals surface area contributed by atoms with Gasteiger partial charge in [0.25, 0.3) is 0 Å². The first kappa shape index (κ1) is 12.2. The lowest BCUT2D eigenvalue weighted by atomic mass is 9.91. The van der Waals surface area contributed by atoms with Crippen molar-refractivity contribution in [3.63, 3.8) is 0 Å². The summed E-state index contributed by atoms with van der Waals surface area (Å²) in [7, 11) is 0. The zero-order chi connectivity index (χ0) is 12.4. The van der Waals surface area contributed by atoms with Gasteiger partial charge in [0.2, 0.25) is 0 Å². The first-order valence-corrected chi connectivity index (χ1v) is 6.29. The molecule has 1 unspecified atom stereocenters. The molecule has 0 saturated heterocycles. The molecule has 0 aromatic heterocycles. The van der Waals surface area contributed by atoms with Crippen LogP contribution < -0.4 is 0 Å². The van der Waals surface area contributed by atoms with Crippen molar-refractivity contribution in [2.75, 3.05) is 0 Å². The van der Waals surface area contributed by atoms with Gasteiger partial charge in [-0.1, -0.05) is 54.9 Å². The van der Waals surface area contributed by atoms with E-state index in [2.05, 4.69) is 57.2 Å². The number of rotatable bonds is 2. The SMILES string of the molecule is Cc1cc(C(C)c2ccccc2)cc(Cl)c1C. The second kappa shape index (κ2) is 4.93. The maximum absolute atomic E-state index is 6.25. The number of aryl methyl sites for hydroxylation is 1. The first-order valence-electron chi connectivity index (χ1n) is 5.91. The number of hydrogen-bond donors (Lipinski definition) is 0. The molecule has 0 saturated carbocycles. The number of benzene rings is 2. The second-order valence-corrected chi connectivity index (χ2v) is 4.98. The van der Waals surface area contributed by atoms with Gasteiger partial charge < -0.3 is 0 Å². The Morgan fingerprint density at radius 3 is 2.18 bits per heavy atom. The third kappa shape index (κ3) is 2.53. The highest BCUT2D eigenvalue weighted by atomic mass is 35.5. The molecule has 2 aromatic rings. The van der Waals surface area contributed by atoms with E-state index in [1.807, 2.05) is 6.07 Å². The monoisotopic (exact) mass is 244 g/mol.